The van der Waals surface area contributed by atoms with Gasteiger partial charge in [-0.25, -0.2) is 4.98 Å². The topological polar surface area (TPSA) is 104 Å². The Hall–Kier alpha value is -3.30. The molecule has 8 nitrogen and oxygen atoms in total. The maximum Gasteiger partial charge on any atom is 0.254 e. The molecule has 10 heteroatoms. The van der Waals surface area contributed by atoms with Crippen molar-refractivity contribution in [1.29, 1.82) is 0 Å². The number of pyridine rings is 1. The zero-order chi connectivity index (χ0) is 23.6. The number of rotatable bonds is 10. The molecule has 0 unspecified atom stereocenters. The maximum atomic E-state index is 12.8. The summed E-state index contributed by atoms with van der Waals surface area (Å²) in [6.07, 6.45) is 2.47. The molecule has 2 aromatic heterocycles. The minimum atomic E-state index is -0.355. The van der Waals surface area contributed by atoms with Crippen LogP contribution in [0.2, 0.25) is 5.02 Å². The number of hydrogen-bond donors (Lipinski definition) is 2. The molecule has 0 aliphatic heterocycles. The van der Waals surface area contributed by atoms with Crippen LogP contribution in [0.5, 0.6) is 0 Å². The molecule has 2 N–H and O–H groups in total. The minimum absolute atomic E-state index is 0.0935. The van der Waals surface area contributed by atoms with E-state index in [1.807, 2.05) is 25.1 Å². The summed E-state index contributed by atoms with van der Waals surface area (Å²) in [7, 11) is 0. The van der Waals surface area contributed by atoms with E-state index in [0.717, 1.165) is 5.69 Å². The van der Waals surface area contributed by atoms with E-state index in [9.17, 15) is 14.4 Å². The molecule has 0 spiro atoms. The molecule has 1 aromatic carbocycles. The van der Waals surface area contributed by atoms with E-state index in [4.69, 9.17) is 11.6 Å². The van der Waals surface area contributed by atoms with Crippen molar-refractivity contribution >= 4 is 45.8 Å². The molecule has 172 valence electrons. The quantitative estimate of drug-likeness (QED) is 0.457. The number of anilines is 1. The van der Waals surface area contributed by atoms with Crippen LogP contribution in [-0.2, 0) is 22.6 Å². The molecule has 0 saturated heterocycles. The second-order valence-corrected chi connectivity index (χ2v) is 8.49. The second kappa shape index (κ2) is 12.1. The molecular weight excluding hydrogens is 462 g/mol. The molecule has 2 heterocycles. The van der Waals surface area contributed by atoms with E-state index < -0.39 is 0 Å². The monoisotopic (exact) mass is 485 g/mol. The van der Waals surface area contributed by atoms with Crippen molar-refractivity contribution in [3.05, 3.63) is 76.0 Å². The summed E-state index contributed by atoms with van der Waals surface area (Å²) in [5.41, 5.74) is 1.78. The zero-order valence-electron chi connectivity index (χ0n) is 18.1. The highest BCUT2D eigenvalue weighted by atomic mass is 35.5. The summed E-state index contributed by atoms with van der Waals surface area (Å²) >= 11 is 7.12. The van der Waals surface area contributed by atoms with Crippen LogP contribution in [0.1, 0.15) is 35.1 Å². The molecule has 3 aromatic rings. The number of amides is 3. The van der Waals surface area contributed by atoms with Crippen LogP contribution in [0.25, 0.3) is 0 Å². The van der Waals surface area contributed by atoms with E-state index in [1.165, 1.54) is 16.2 Å². The number of thiazole rings is 1. The maximum absolute atomic E-state index is 12.8. The first-order chi connectivity index (χ1) is 15.9. The first-order valence-corrected chi connectivity index (χ1v) is 11.7. The lowest BCUT2D eigenvalue weighted by Gasteiger charge is -2.21. The van der Waals surface area contributed by atoms with Crippen LogP contribution in [0.4, 0.5) is 5.13 Å². The Morgan fingerprint density at radius 2 is 1.85 bits per heavy atom. The lowest BCUT2D eigenvalue weighted by atomic mass is 10.2. The van der Waals surface area contributed by atoms with Gasteiger partial charge in [0, 0.05) is 28.7 Å². The molecule has 0 saturated carbocycles. The highest BCUT2D eigenvalue weighted by Gasteiger charge is 2.19. The van der Waals surface area contributed by atoms with Crippen LogP contribution < -0.4 is 10.6 Å². The van der Waals surface area contributed by atoms with Gasteiger partial charge in [-0.1, -0.05) is 24.6 Å². The van der Waals surface area contributed by atoms with Crippen molar-refractivity contribution in [3.63, 3.8) is 0 Å². The fourth-order valence-electron chi connectivity index (χ4n) is 2.99. The van der Waals surface area contributed by atoms with E-state index in [1.54, 1.807) is 35.8 Å². The summed E-state index contributed by atoms with van der Waals surface area (Å²) in [5, 5.41) is 8.14. The van der Waals surface area contributed by atoms with Crippen molar-refractivity contribution in [2.24, 2.45) is 0 Å². The van der Waals surface area contributed by atoms with Gasteiger partial charge >= 0.3 is 0 Å². The Labute approximate surface area is 201 Å². The molecule has 33 heavy (non-hydrogen) atoms. The smallest absolute Gasteiger partial charge is 0.254 e. The van der Waals surface area contributed by atoms with Gasteiger partial charge in [0.2, 0.25) is 11.8 Å². The Bertz CT molecular complexity index is 1090. The fraction of sp³-hybridized carbons (Fsp3) is 0.261. The van der Waals surface area contributed by atoms with Gasteiger partial charge in [-0.3, -0.25) is 19.4 Å². The lowest BCUT2D eigenvalue weighted by Crippen LogP contribution is -2.38. The number of benzene rings is 1. The highest BCUT2D eigenvalue weighted by molar-refractivity contribution is 7.13. The highest BCUT2D eigenvalue weighted by Crippen LogP contribution is 2.16. The summed E-state index contributed by atoms with van der Waals surface area (Å²) in [5.74, 6) is -0.786. The fourth-order valence-corrected chi connectivity index (χ4v) is 3.85. The van der Waals surface area contributed by atoms with Gasteiger partial charge in [0.05, 0.1) is 24.4 Å². The van der Waals surface area contributed by atoms with Crippen LogP contribution in [0, 0.1) is 0 Å². The van der Waals surface area contributed by atoms with Crippen LogP contribution in [0.3, 0.4) is 0 Å². The number of nitrogens with zero attached hydrogens (tertiary/aromatic N) is 3. The number of hydrogen-bond acceptors (Lipinski definition) is 6. The van der Waals surface area contributed by atoms with Crippen molar-refractivity contribution < 1.29 is 14.4 Å². The molecule has 0 aliphatic carbocycles. The number of carbonyl (C=O) groups is 3. The average Bonchev–Trinajstić information content (AvgIpc) is 3.24. The summed E-state index contributed by atoms with van der Waals surface area (Å²) in [4.78, 5) is 47.4. The number of nitrogens with one attached hydrogen (secondary N) is 2. The van der Waals surface area contributed by atoms with Crippen LogP contribution in [0.15, 0.2) is 54.0 Å². The Morgan fingerprint density at radius 1 is 1.06 bits per heavy atom. The second-order valence-electron chi connectivity index (χ2n) is 7.20. The molecule has 3 rings (SSSR count). The minimum Gasteiger partial charge on any atom is -0.350 e. The average molecular weight is 486 g/mol. The first-order valence-electron chi connectivity index (χ1n) is 10.4. The standard InChI is InChI=1S/C23H24ClN5O3S/c1-2-11-29(22(32)16-6-8-17(24)9-7-16)14-21(31)28-23-27-19(15-33-23)12-20(30)26-13-18-5-3-4-10-25-18/h3-10,15H,2,11-14H2,1H3,(H,26,30)(H,27,28,31). The summed E-state index contributed by atoms with van der Waals surface area (Å²) in [6, 6.07) is 12.1. The predicted octanol–water partition coefficient (Wildman–Crippen LogP) is 3.54. The third kappa shape index (κ3) is 7.65. The molecule has 0 aliphatic rings. The lowest BCUT2D eigenvalue weighted by molar-refractivity contribution is -0.120. The Balaban J connectivity index is 1.51. The summed E-state index contributed by atoms with van der Waals surface area (Å²) < 4.78 is 0. The van der Waals surface area contributed by atoms with Gasteiger partial charge < -0.3 is 15.5 Å². The van der Waals surface area contributed by atoms with E-state index in [2.05, 4.69) is 20.6 Å². The van der Waals surface area contributed by atoms with E-state index in [-0.39, 0.29) is 30.7 Å². The predicted molar refractivity (Wildman–Crippen MR) is 128 cm³/mol. The van der Waals surface area contributed by atoms with Crippen molar-refractivity contribution in [2.45, 2.75) is 26.3 Å². The molecular formula is C23H24ClN5O3S. The normalized spacial score (nSPS) is 10.5. The third-order valence-electron chi connectivity index (χ3n) is 4.54. The van der Waals surface area contributed by atoms with Crippen LogP contribution >= 0.6 is 22.9 Å². The molecule has 0 fully saturated rings. The zero-order valence-corrected chi connectivity index (χ0v) is 19.7. The Morgan fingerprint density at radius 3 is 2.55 bits per heavy atom. The summed E-state index contributed by atoms with van der Waals surface area (Å²) in [6.45, 7) is 2.61. The molecule has 3 amide bonds. The van der Waals surface area contributed by atoms with E-state index >= 15 is 0 Å². The largest absolute Gasteiger partial charge is 0.350 e. The molecule has 0 radical (unpaired) electrons. The third-order valence-corrected chi connectivity index (χ3v) is 5.60. The van der Waals surface area contributed by atoms with Gasteiger partial charge in [0.1, 0.15) is 6.54 Å². The number of halogens is 1. The Kier molecular flexibility index (Phi) is 8.91. The first kappa shape index (κ1) is 24.3. The number of aromatic nitrogens is 2. The SMILES string of the molecule is CCCN(CC(=O)Nc1nc(CC(=O)NCc2ccccn2)cs1)C(=O)c1ccc(Cl)cc1. The van der Waals surface area contributed by atoms with Crippen molar-refractivity contribution in [1.82, 2.24) is 20.2 Å². The molecule has 0 bridgehead atoms. The molecule has 0 atom stereocenters. The van der Waals surface area contributed by atoms with E-state index in [0.29, 0.717) is 40.9 Å². The van der Waals surface area contributed by atoms with Crippen LogP contribution in [-0.4, -0.2) is 45.7 Å². The van der Waals surface area contributed by atoms with Crippen molar-refractivity contribution in [3.8, 4) is 0 Å². The van der Waals surface area contributed by atoms with Gasteiger partial charge in [0.25, 0.3) is 5.91 Å². The van der Waals surface area contributed by atoms with Gasteiger partial charge in [0.15, 0.2) is 5.13 Å². The van der Waals surface area contributed by atoms with Gasteiger partial charge in [-0.05, 0) is 42.8 Å². The van der Waals surface area contributed by atoms with Crippen molar-refractivity contribution in [2.75, 3.05) is 18.4 Å². The van der Waals surface area contributed by atoms with Gasteiger partial charge in [-0.15, -0.1) is 11.3 Å². The number of carbonyl (C=O) groups excluding carboxylic acids is 3. The van der Waals surface area contributed by atoms with Gasteiger partial charge in [-0.2, -0.15) is 0 Å².